The lowest BCUT2D eigenvalue weighted by Gasteiger charge is -2.14. The lowest BCUT2D eigenvalue weighted by molar-refractivity contribution is 0.173. The number of methoxy groups -OCH3 is 2. The molecule has 1 aromatic heterocycles. The second-order valence-electron chi connectivity index (χ2n) is 4.21. The van der Waals surface area contributed by atoms with Crippen molar-refractivity contribution in [3.05, 3.63) is 39.8 Å². The summed E-state index contributed by atoms with van der Waals surface area (Å²) in [5, 5.41) is 13.2. The second-order valence-corrected chi connectivity index (χ2v) is 5.15. The van der Waals surface area contributed by atoms with Crippen LogP contribution in [0.2, 0.25) is 0 Å². The molecule has 5 heteroatoms. The van der Waals surface area contributed by atoms with Crippen molar-refractivity contribution in [1.29, 1.82) is 0 Å². The average molecular weight is 279 g/mol. The van der Waals surface area contributed by atoms with E-state index in [0.717, 1.165) is 16.3 Å². The zero-order valence-corrected chi connectivity index (χ0v) is 12.0. The van der Waals surface area contributed by atoms with Crippen LogP contribution in [0.25, 0.3) is 0 Å². The monoisotopic (exact) mass is 279 g/mol. The Bertz CT molecular complexity index is 553. The summed E-state index contributed by atoms with van der Waals surface area (Å²) in [6, 6.07) is 5.41. The van der Waals surface area contributed by atoms with Gasteiger partial charge in [-0.05, 0) is 19.1 Å². The summed E-state index contributed by atoms with van der Waals surface area (Å²) in [6.45, 7) is 1.94. The number of thiazole rings is 1. The Morgan fingerprint density at radius 1 is 1.32 bits per heavy atom. The molecule has 0 aliphatic rings. The van der Waals surface area contributed by atoms with Crippen LogP contribution in [-0.4, -0.2) is 24.3 Å². The number of aryl methyl sites for hydroxylation is 1. The van der Waals surface area contributed by atoms with Gasteiger partial charge in [0.2, 0.25) is 0 Å². The predicted molar refractivity (Wildman–Crippen MR) is 75.1 cm³/mol. The van der Waals surface area contributed by atoms with Crippen LogP contribution in [0.15, 0.2) is 23.6 Å². The van der Waals surface area contributed by atoms with Gasteiger partial charge >= 0.3 is 0 Å². The van der Waals surface area contributed by atoms with Crippen molar-refractivity contribution in [2.75, 3.05) is 14.2 Å². The van der Waals surface area contributed by atoms with Crippen molar-refractivity contribution >= 4 is 11.3 Å². The molecule has 0 aliphatic carbocycles. The number of aliphatic hydroxyl groups excluding tert-OH is 1. The van der Waals surface area contributed by atoms with Crippen LogP contribution in [0.1, 0.15) is 22.4 Å². The van der Waals surface area contributed by atoms with E-state index in [-0.39, 0.29) is 0 Å². The Morgan fingerprint density at radius 3 is 2.68 bits per heavy atom. The first-order valence-corrected chi connectivity index (χ1v) is 6.83. The van der Waals surface area contributed by atoms with E-state index < -0.39 is 6.10 Å². The van der Waals surface area contributed by atoms with E-state index in [1.165, 1.54) is 0 Å². The van der Waals surface area contributed by atoms with E-state index >= 15 is 0 Å². The van der Waals surface area contributed by atoms with E-state index in [9.17, 15) is 5.11 Å². The van der Waals surface area contributed by atoms with Gasteiger partial charge in [-0.2, -0.15) is 0 Å². The summed E-state index contributed by atoms with van der Waals surface area (Å²) in [7, 11) is 3.18. The van der Waals surface area contributed by atoms with E-state index in [1.807, 2.05) is 24.4 Å². The lowest BCUT2D eigenvalue weighted by atomic mass is 10.1. The maximum Gasteiger partial charge on any atom is 0.128 e. The number of aromatic nitrogens is 1. The predicted octanol–water partition coefficient (Wildman–Crippen LogP) is 2.74. The highest BCUT2D eigenvalue weighted by molar-refractivity contribution is 7.09. The Morgan fingerprint density at radius 2 is 2.11 bits per heavy atom. The van der Waals surface area contributed by atoms with Crippen molar-refractivity contribution in [3.8, 4) is 11.5 Å². The second kappa shape index (κ2) is 6.04. The summed E-state index contributed by atoms with van der Waals surface area (Å²) in [4.78, 5) is 4.36. The maximum absolute atomic E-state index is 10.3. The number of aliphatic hydroxyl groups is 1. The zero-order chi connectivity index (χ0) is 13.8. The minimum atomic E-state index is -0.633. The van der Waals surface area contributed by atoms with Crippen molar-refractivity contribution in [2.24, 2.45) is 0 Å². The van der Waals surface area contributed by atoms with Gasteiger partial charge in [-0.15, -0.1) is 11.3 Å². The molecule has 2 aromatic rings. The van der Waals surface area contributed by atoms with Gasteiger partial charge in [0.25, 0.3) is 0 Å². The van der Waals surface area contributed by atoms with Crippen molar-refractivity contribution in [1.82, 2.24) is 4.98 Å². The van der Waals surface area contributed by atoms with Crippen LogP contribution in [0.4, 0.5) is 0 Å². The molecule has 4 nitrogen and oxygen atoms in total. The van der Waals surface area contributed by atoms with Crippen LogP contribution in [0, 0.1) is 6.92 Å². The molecule has 0 fully saturated rings. The molecule has 1 unspecified atom stereocenters. The highest BCUT2D eigenvalue weighted by atomic mass is 32.1. The number of ether oxygens (including phenoxy) is 2. The highest BCUT2D eigenvalue weighted by Crippen LogP contribution is 2.31. The molecule has 1 heterocycles. The Hall–Kier alpha value is -1.59. The van der Waals surface area contributed by atoms with Crippen molar-refractivity contribution < 1.29 is 14.6 Å². The van der Waals surface area contributed by atoms with Crippen LogP contribution < -0.4 is 9.47 Å². The molecular formula is C14H17NO3S. The first-order valence-electron chi connectivity index (χ1n) is 5.95. The average Bonchev–Trinajstić information content (AvgIpc) is 2.83. The highest BCUT2D eigenvalue weighted by Gasteiger charge is 2.16. The molecule has 102 valence electrons. The van der Waals surface area contributed by atoms with E-state index in [0.29, 0.717) is 17.9 Å². The first kappa shape index (κ1) is 13.8. The third-order valence-corrected chi connectivity index (χ3v) is 3.82. The summed E-state index contributed by atoms with van der Waals surface area (Å²) >= 11 is 1.56. The van der Waals surface area contributed by atoms with Crippen LogP contribution in [0.3, 0.4) is 0 Å². The molecular weight excluding hydrogens is 262 g/mol. The standard InChI is InChI=1S/C14H17NO3S/c1-9-8-19-14(15-9)7-12(16)11-5-4-10(17-2)6-13(11)18-3/h4-6,8,12,16H,7H2,1-3H3. The Labute approximate surface area is 116 Å². The van der Waals surface area contributed by atoms with Gasteiger partial charge in [0.05, 0.1) is 25.3 Å². The summed E-state index contributed by atoms with van der Waals surface area (Å²) in [5.74, 6) is 1.33. The van der Waals surface area contributed by atoms with E-state index in [1.54, 1.807) is 31.6 Å². The maximum atomic E-state index is 10.3. The van der Waals surface area contributed by atoms with Crippen LogP contribution in [-0.2, 0) is 6.42 Å². The van der Waals surface area contributed by atoms with Crippen molar-refractivity contribution in [2.45, 2.75) is 19.4 Å². The third-order valence-electron chi connectivity index (χ3n) is 2.83. The summed E-state index contributed by atoms with van der Waals surface area (Å²) < 4.78 is 10.4. The normalized spacial score (nSPS) is 12.2. The van der Waals surface area contributed by atoms with Gasteiger partial charge in [0, 0.05) is 29.1 Å². The lowest BCUT2D eigenvalue weighted by Crippen LogP contribution is -2.04. The van der Waals surface area contributed by atoms with Gasteiger partial charge in [-0.25, -0.2) is 4.98 Å². The number of hydrogen-bond acceptors (Lipinski definition) is 5. The van der Waals surface area contributed by atoms with Gasteiger partial charge < -0.3 is 14.6 Å². The fourth-order valence-electron chi connectivity index (χ4n) is 1.87. The molecule has 0 radical (unpaired) electrons. The Balaban J connectivity index is 2.20. The molecule has 0 saturated heterocycles. The number of nitrogens with zero attached hydrogens (tertiary/aromatic N) is 1. The van der Waals surface area contributed by atoms with Gasteiger partial charge in [0.1, 0.15) is 11.5 Å². The number of hydrogen-bond donors (Lipinski definition) is 1. The SMILES string of the molecule is COc1ccc(C(O)Cc2nc(C)cs2)c(OC)c1. The Kier molecular flexibility index (Phi) is 4.39. The van der Waals surface area contributed by atoms with Gasteiger partial charge in [-0.1, -0.05) is 0 Å². The molecule has 0 bridgehead atoms. The molecule has 0 saturated carbocycles. The molecule has 0 spiro atoms. The quantitative estimate of drug-likeness (QED) is 0.914. The minimum Gasteiger partial charge on any atom is -0.497 e. The number of benzene rings is 1. The molecule has 1 aromatic carbocycles. The smallest absolute Gasteiger partial charge is 0.128 e. The van der Waals surface area contributed by atoms with Gasteiger partial charge in [-0.3, -0.25) is 0 Å². The fourth-order valence-corrected chi connectivity index (χ4v) is 2.68. The van der Waals surface area contributed by atoms with E-state index in [2.05, 4.69) is 4.98 Å². The molecule has 0 amide bonds. The first-order chi connectivity index (χ1) is 9.13. The van der Waals surface area contributed by atoms with E-state index in [4.69, 9.17) is 9.47 Å². The van der Waals surface area contributed by atoms with Crippen LogP contribution in [0.5, 0.6) is 11.5 Å². The zero-order valence-electron chi connectivity index (χ0n) is 11.2. The van der Waals surface area contributed by atoms with Crippen LogP contribution >= 0.6 is 11.3 Å². The molecule has 2 rings (SSSR count). The molecule has 0 aliphatic heterocycles. The molecule has 1 N–H and O–H groups in total. The molecule has 19 heavy (non-hydrogen) atoms. The minimum absolute atomic E-state index is 0.487. The topological polar surface area (TPSA) is 51.6 Å². The third kappa shape index (κ3) is 3.24. The van der Waals surface area contributed by atoms with Gasteiger partial charge in [0.15, 0.2) is 0 Å². The molecule has 1 atom stereocenters. The fraction of sp³-hybridized carbons (Fsp3) is 0.357. The largest absolute Gasteiger partial charge is 0.497 e. The van der Waals surface area contributed by atoms with Crippen molar-refractivity contribution in [3.63, 3.8) is 0 Å². The number of rotatable bonds is 5. The summed E-state index contributed by atoms with van der Waals surface area (Å²) in [6.07, 6.45) is -0.146. The summed E-state index contributed by atoms with van der Waals surface area (Å²) in [5.41, 5.74) is 1.73.